The van der Waals surface area contributed by atoms with Gasteiger partial charge in [-0.2, -0.15) is 13.2 Å². The van der Waals surface area contributed by atoms with Crippen molar-refractivity contribution in [3.63, 3.8) is 0 Å². The number of hydrogen-bond acceptors (Lipinski definition) is 4. The van der Waals surface area contributed by atoms with Gasteiger partial charge >= 0.3 is 6.18 Å². The fourth-order valence-corrected chi connectivity index (χ4v) is 6.65. The third kappa shape index (κ3) is 8.37. The van der Waals surface area contributed by atoms with Crippen molar-refractivity contribution in [2.45, 2.75) is 68.6 Å². The maximum atomic E-state index is 14.0. The Morgan fingerprint density at radius 1 is 0.907 bits per heavy atom. The highest BCUT2D eigenvalue weighted by molar-refractivity contribution is 7.92. The molecule has 2 amide bonds. The molecule has 0 heterocycles. The molecule has 1 saturated carbocycles. The minimum atomic E-state index is -4.73. The van der Waals surface area contributed by atoms with E-state index >= 15 is 0 Å². The molecule has 43 heavy (non-hydrogen) atoms. The second-order valence-corrected chi connectivity index (χ2v) is 12.6. The molecular formula is C32H36F3N3O4S. The molecule has 0 saturated heterocycles. The number of halogens is 3. The lowest BCUT2D eigenvalue weighted by molar-refractivity contribution is -0.139. The predicted molar refractivity (Wildman–Crippen MR) is 159 cm³/mol. The smallest absolute Gasteiger partial charge is 0.352 e. The van der Waals surface area contributed by atoms with Gasteiger partial charge in [-0.3, -0.25) is 13.9 Å². The summed E-state index contributed by atoms with van der Waals surface area (Å²) in [5.41, 5.74) is -0.451. The summed E-state index contributed by atoms with van der Waals surface area (Å²) in [6.07, 6.45) is 0.450. The number of nitrogens with one attached hydrogen (secondary N) is 1. The lowest BCUT2D eigenvalue weighted by atomic mass is 9.95. The standard InChI is InChI=1S/C32H36F3N3O4S/c1-24(31(40)36-27-15-7-3-8-16-27)37(21-20-25-12-5-2-6-13-25)30(39)23-38(43(41,42)29-18-9-4-10-19-29)28-17-11-14-26(22-28)32(33,34)35/h2,4-6,9-14,17-19,22,24,27H,3,7-8,15-16,20-21,23H2,1H3,(H,36,40)/t24-/m1/s1. The topological polar surface area (TPSA) is 86.8 Å². The van der Waals surface area contributed by atoms with E-state index in [9.17, 15) is 31.2 Å². The molecule has 1 atom stereocenters. The van der Waals surface area contributed by atoms with Gasteiger partial charge in [-0.15, -0.1) is 0 Å². The van der Waals surface area contributed by atoms with Gasteiger partial charge in [-0.05, 0) is 62.1 Å². The van der Waals surface area contributed by atoms with Crippen LogP contribution >= 0.6 is 0 Å². The summed E-state index contributed by atoms with van der Waals surface area (Å²) in [5, 5.41) is 3.03. The fraction of sp³-hybridized carbons (Fsp3) is 0.375. The number of carbonyl (C=O) groups excluding carboxylic acids is 2. The Kier molecular flexibility index (Phi) is 10.5. The van der Waals surface area contributed by atoms with Crippen molar-refractivity contribution < 1.29 is 31.2 Å². The molecule has 1 fully saturated rings. The van der Waals surface area contributed by atoms with Gasteiger partial charge < -0.3 is 10.2 Å². The first-order chi connectivity index (χ1) is 20.5. The van der Waals surface area contributed by atoms with E-state index in [4.69, 9.17) is 0 Å². The van der Waals surface area contributed by atoms with Gasteiger partial charge in [0.2, 0.25) is 11.8 Å². The van der Waals surface area contributed by atoms with Crippen molar-refractivity contribution in [2.24, 2.45) is 0 Å². The highest BCUT2D eigenvalue weighted by atomic mass is 32.2. The average molecular weight is 616 g/mol. The van der Waals surface area contributed by atoms with E-state index in [-0.39, 0.29) is 29.1 Å². The average Bonchev–Trinajstić information content (AvgIpc) is 3.01. The Morgan fingerprint density at radius 3 is 2.16 bits per heavy atom. The molecule has 1 aliphatic rings. The van der Waals surface area contributed by atoms with Gasteiger partial charge in [0.15, 0.2) is 0 Å². The van der Waals surface area contributed by atoms with Crippen molar-refractivity contribution in [3.8, 4) is 0 Å². The van der Waals surface area contributed by atoms with Crippen LogP contribution in [0.3, 0.4) is 0 Å². The molecule has 0 unspecified atom stereocenters. The van der Waals surface area contributed by atoms with E-state index in [0.29, 0.717) is 16.8 Å². The molecule has 0 aromatic heterocycles. The zero-order chi connectivity index (χ0) is 31.0. The molecule has 3 aromatic rings. The molecule has 0 bridgehead atoms. The number of hydrogen-bond donors (Lipinski definition) is 1. The number of nitrogens with zero attached hydrogens (tertiary/aromatic N) is 2. The largest absolute Gasteiger partial charge is 0.416 e. The number of sulfonamides is 1. The van der Waals surface area contributed by atoms with Crippen molar-refractivity contribution >= 4 is 27.5 Å². The van der Waals surface area contributed by atoms with Gasteiger partial charge in [0, 0.05) is 12.6 Å². The van der Waals surface area contributed by atoms with E-state index in [2.05, 4.69) is 5.32 Å². The molecular weight excluding hydrogens is 579 g/mol. The first kappa shape index (κ1) is 32.1. The number of anilines is 1. The van der Waals surface area contributed by atoms with Crippen molar-refractivity contribution in [1.29, 1.82) is 0 Å². The maximum Gasteiger partial charge on any atom is 0.416 e. The Labute approximate surface area is 250 Å². The number of rotatable bonds is 11. The minimum absolute atomic E-state index is 0.00478. The molecule has 1 aliphatic carbocycles. The van der Waals surface area contributed by atoms with Gasteiger partial charge in [0.25, 0.3) is 10.0 Å². The summed E-state index contributed by atoms with van der Waals surface area (Å²) in [6, 6.07) is 19.4. The summed E-state index contributed by atoms with van der Waals surface area (Å²) in [5.74, 6) is -1.07. The van der Waals surface area contributed by atoms with E-state index in [1.54, 1.807) is 13.0 Å². The van der Waals surface area contributed by atoms with Crippen LogP contribution in [-0.2, 0) is 32.2 Å². The second-order valence-electron chi connectivity index (χ2n) is 10.7. The van der Waals surface area contributed by atoms with Gasteiger partial charge in [-0.1, -0.05) is 73.9 Å². The molecule has 3 aromatic carbocycles. The lowest BCUT2D eigenvalue weighted by Gasteiger charge is -2.33. The quantitative estimate of drug-likeness (QED) is 0.295. The zero-order valence-electron chi connectivity index (χ0n) is 24.0. The maximum absolute atomic E-state index is 14.0. The van der Waals surface area contributed by atoms with Crippen molar-refractivity contribution in [1.82, 2.24) is 10.2 Å². The molecule has 4 rings (SSSR count). The Hall–Kier alpha value is -3.86. The Bertz CT molecular complexity index is 1480. The number of benzene rings is 3. The molecule has 7 nitrogen and oxygen atoms in total. The predicted octanol–water partition coefficient (Wildman–Crippen LogP) is 5.81. The zero-order valence-corrected chi connectivity index (χ0v) is 24.8. The molecule has 0 aliphatic heterocycles. The lowest BCUT2D eigenvalue weighted by Crippen LogP contribution is -2.53. The van der Waals surface area contributed by atoms with Crippen LogP contribution < -0.4 is 9.62 Å². The van der Waals surface area contributed by atoms with E-state index < -0.39 is 40.3 Å². The highest BCUT2D eigenvalue weighted by Gasteiger charge is 2.35. The Balaban J connectivity index is 1.67. The van der Waals surface area contributed by atoms with Gasteiger partial charge in [0.05, 0.1) is 16.1 Å². The van der Waals surface area contributed by atoms with Crippen LogP contribution in [0.15, 0.2) is 89.8 Å². The van der Waals surface area contributed by atoms with E-state index in [1.165, 1.54) is 35.2 Å². The van der Waals surface area contributed by atoms with Crippen LogP contribution in [0.4, 0.5) is 18.9 Å². The monoisotopic (exact) mass is 615 g/mol. The summed E-state index contributed by atoms with van der Waals surface area (Å²) >= 11 is 0. The molecule has 1 N–H and O–H groups in total. The van der Waals surface area contributed by atoms with Crippen LogP contribution in [0.25, 0.3) is 0 Å². The van der Waals surface area contributed by atoms with E-state index in [0.717, 1.165) is 49.8 Å². The third-order valence-corrected chi connectivity index (χ3v) is 9.46. The van der Waals surface area contributed by atoms with Crippen LogP contribution in [0, 0.1) is 0 Å². The molecule has 0 spiro atoms. The van der Waals surface area contributed by atoms with E-state index in [1.807, 2.05) is 30.3 Å². The fourth-order valence-electron chi connectivity index (χ4n) is 5.22. The first-order valence-electron chi connectivity index (χ1n) is 14.4. The molecule has 230 valence electrons. The minimum Gasteiger partial charge on any atom is -0.352 e. The summed E-state index contributed by atoms with van der Waals surface area (Å²) in [6.45, 7) is 0.889. The highest BCUT2D eigenvalue weighted by Crippen LogP contribution is 2.33. The number of carbonyl (C=O) groups is 2. The van der Waals surface area contributed by atoms with Gasteiger partial charge in [0.1, 0.15) is 12.6 Å². The number of amides is 2. The summed E-state index contributed by atoms with van der Waals surface area (Å²) in [7, 11) is -4.46. The van der Waals surface area contributed by atoms with Crippen LogP contribution in [0.2, 0.25) is 0 Å². The van der Waals surface area contributed by atoms with Crippen LogP contribution in [0.5, 0.6) is 0 Å². The SMILES string of the molecule is C[C@H](C(=O)NC1CCCCC1)N(CCc1ccccc1)C(=O)CN(c1cccc(C(F)(F)F)c1)S(=O)(=O)c1ccccc1. The van der Waals surface area contributed by atoms with Crippen LogP contribution in [0.1, 0.15) is 50.2 Å². The summed E-state index contributed by atoms with van der Waals surface area (Å²) in [4.78, 5) is 28.4. The molecule has 0 radical (unpaired) electrons. The third-order valence-electron chi connectivity index (χ3n) is 7.67. The number of alkyl halides is 3. The normalized spacial score (nSPS) is 15.0. The van der Waals surface area contributed by atoms with Gasteiger partial charge in [-0.25, -0.2) is 8.42 Å². The van der Waals surface area contributed by atoms with Crippen molar-refractivity contribution in [3.05, 3.63) is 96.1 Å². The van der Waals surface area contributed by atoms with Crippen molar-refractivity contribution in [2.75, 3.05) is 17.4 Å². The molecule has 11 heteroatoms. The second kappa shape index (κ2) is 14.1. The summed E-state index contributed by atoms with van der Waals surface area (Å²) < 4.78 is 69.1. The van der Waals surface area contributed by atoms with Crippen LogP contribution in [-0.4, -0.2) is 50.3 Å². The Morgan fingerprint density at radius 2 is 1.53 bits per heavy atom. The first-order valence-corrected chi connectivity index (χ1v) is 15.8.